The highest BCUT2D eigenvalue weighted by Gasteiger charge is 2.02. The Labute approximate surface area is 155 Å². The van der Waals surface area contributed by atoms with Crippen LogP contribution in [-0.4, -0.2) is 7.11 Å². The Bertz CT molecular complexity index is 1080. The van der Waals surface area contributed by atoms with Crippen molar-refractivity contribution in [3.05, 3.63) is 88.4 Å². The predicted octanol–water partition coefficient (Wildman–Crippen LogP) is 6.93. The van der Waals surface area contributed by atoms with E-state index in [1.807, 2.05) is 12.1 Å². The third-order valence-corrected chi connectivity index (χ3v) is 4.90. The fourth-order valence-corrected chi connectivity index (χ4v) is 3.41. The number of rotatable bonds is 3. The summed E-state index contributed by atoms with van der Waals surface area (Å²) in [6.45, 7) is 0. The minimum atomic E-state index is 0.875. The SMILES string of the molecule is COc1ccc(/C=C/c2ccc3ccc4ccc(Br)cc4c3c2)cc1. The number of hydrogen-bond acceptors (Lipinski definition) is 1. The van der Waals surface area contributed by atoms with Crippen LogP contribution in [0.2, 0.25) is 0 Å². The molecule has 1 nitrogen and oxygen atoms in total. The fraction of sp³-hybridized carbons (Fsp3) is 0.0435. The molecule has 0 atom stereocenters. The highest BCUT2D eigenvalue weighted by atomic mass is 79.9. The van der Waals surface area contributed by atoms with Gasteiger partial charge < -0.3 is 4.74 Å². The van der Waals surface area contributed by atoms with E-state index in [1.54, 1.807) is 7.11 Å². The van der Waals surface area contributed by atoms with E-state index in [9.17, 15) is 0 Å². The van der Waals surface area contributed by atoms with Gasteiger partial charge in [0, 0.05) is 4.47 Å². The number of methoxy groups -OCH3 is 1. The number of ether oxygens (including phenoxy) is 1. The molecule has 0 unspecified atom stereocenters. The van der Waals surface area contributed by atoms with E-state index in [2.05, 4.69) is 88.7 Å². The monoisotopic (exact) mass is 388 g/mol. The third kappa shape index (κ3) is 3.31. The van der Waals surface area contributed by atoms with E-state index in [0.717, 1.165) is 15.8 Å². The summed E-state index contributed by atoms with van der Waals surface area (Å²) in [6, 6.07) is 25.5. The zero-order valence-corrected chi connectivity index (χ0v) is 15.5. The van der Waals surface area contributed by atoms with Gasteiger partial charge in [-0.3, -0.25) is 0 Å². The topological polar surface area (TPSA) is 9.23 Å². The van der Waals surface area contributed by atoms with Crippen LogP contribution >= 0.6 is 15.9 Å². The second kappa shape index (κ2) is 6.73. The molecule has 0 amide bonds. The average Bonchev–Trinajstić information content (AvgIpc) is 2.66. The van der Waals surface area contributed by atoms with Crippen LogP contribution in [0.3, 0.4) is 0 Å². The number of halogens is 1. The molecule has 0 saturated carbocycles. The van der Waals surface area contributed by atoms with Crippen molar-refractivity contribution in [1.82, 2.24) is 0 Å². The molecule has 0 radical (unpaired) electrons. The molecule has 0 aromatic heterocycles. The van der Waals surface area contributed by atoms with Crippen molar-refractivity contribution in [2.24, 2.45) is 0 Å². The molecule has 0 aliphatic rings. The minimum absolute atomic E-state index is 0.875. The molecule has 0 aliphatic heterocycles. The molecule has 0 saturated heterocycles. The van der Waals surface area contributed by atoms with E-state index in [1.165, 1.54) is 27.1 Å². The molecular weight excluding hydrogens is 372 g/mol. The Morgan fingerprint density at radius 1 is 0.680 bits per heavy atom. The lowest BCUT2D eigenvalue weighted by atomic mass is 9.99. The minimum Gasteiger partial charge on any atom is -0.497 e. The first-order valence-corrected chi connectivity index (χ1v) is 8.96. The van der Waals surface area contributed by atoms with Gasteiger partial charge in [0.15, 0.2) is 0 Å². The summed E-state index contributed by atoms with van der Waals surface area (Å²) >= 11 is 3.59. The van der Waals surface area contributed by atoms with E-state index >= 15 is 0 Å². The Morgan fingerprint density at radius 2 is 1.24 bits per heavy atom. The quantitative estimate of drug-likeness (QED) is 0.273. The highest BCUT2D eigenvalue weighted by Crippen LogP contribution is 2.29. The molecule has 4 rings (SSSR count). The van der Waals surface area contributed by atoms with Crippen LogP contribution in [0.4, 0.5) is 0 Å². The van der Waals surface area contributed by atoms with Gasteiger partial charge >= 0.3 is 0 Å². The molecule has 0 spiro atoms. The maximum Gasteiger partial charge on any atom is 0.118 e. The van der Waals surface area contributed by atoms with Gasteiger partial charge in [-0.15, -0.1) is 0 Å². The predicted molar refractivity (Wildman–Crippen MR) is 111 cm³/mol. The first-order chi connectivity index (χ1) is 12.2. The smallest absolute Gasteiger partial charge is 0.118 e. The van der Waals surface area contributed by atoms with Crippen LogP contribution in [0.1, 0.15) is 11.1 Å². The lowest BCUT2D eigenvalue weighted by Crippen LogP contribution is -1.82. The molecule has 4 aromatic carbocycles. The first-order valence-electron chi connectivity index (χ1n) is 8.17. The van der Waals surface area contributed by atoms with E-state index < -0.39 is 0 Å². The summed E-state index contributed by atoms with van der Waals surface area (Å²) in [5.41, 5.74) is 2.34. The Balaban J connectivity index is 1.75. The van der Waals surface area contributed by atoms with Crippen LogP contribution < -0.4 is 4.74 Å². The lowest BCUT2D eigenvalue weighted by Gasteiger charge is -2.06. The van der Waals surface area contributed by atoms with Crippen molar-refractivity contribution in [3.63, 3.8) is 0 Å². The zero-order chi connectivity index (χ0) is 17.2. The molecule has 0 fully saturated rings. The van der Waals surface area contributed by atoms with Crippen molar-refractivity contribution in [3.8, 4) is 5.75 Å². The van der Waals surface area contributed by atoms with Gasteiger partial charge in [0.05, 0.1) is 7.11 Å². The second-order valence-corrected chi connectivity index (χ2v) is 6.93. The summed E-state index contributed by atoms with van der Waals surface area (Å²) in [4.78, 5) is 0. The van der Waals surface area contributed by atoms with Crippen LogP contribution in [0, 0.1) is 0 Å². The average molecular weight is 389 g/mol. The molecule has 0 heterocycles. The summed E-state index contributed by atoms with van der Waals surface area (Å²) in [7, 11) is 1.68. The van der Waals surface area contributed by atoms with Crippen LogP contribution in [0.25, 0.3) is 33.7 Å². The molecule has 0 bridgehead atoms. The van der Waals surface area contributed by atoms with Crippen molar-refractivity contribution in [2.75, 3.05) is 7.11 Å². The largest absolute Gasteiger partial charge is 0.497 e. The first kappa shape index (κ1) is 15.9. The molecule has 0 aliphatic carbocycles. The van der Waals surface area contributed by atoms with Crippen molar-refractivity contribution in [2.45, 2.75) is 0 Å². The maximum absolute atomic E-state index is 5.20. The van der Waals surface area contributed by atoms with Gasteiger partial charge in [0.1, 0.15) is 5.75 Å². The summed E-state index contributed by atoms with van der Waals surface area (Å²) in [5, 5.41) is 5.06. The van der Waals surface area contributed by atoms with Crippen molar-refractivity contribution < 1.29 is 4.74 Å². The van der Waals surface area contributed by atoms with Gasteiger partial charge in [-0.05, 0) is 63.0 Å². The second-order valence-electron chi connectivity index (χ2n) is 6.02. The fourth-order valence-electron chi connectivity index (χ4n) is 3.05. The Morgan fingerprint density at radius 3 is 1.96 bits per heavy atom. The normalized spacial score (nSPS) is 11.4. The standard InChI is InChI=1S/C23H17BrO/c1-25-21-12-5-16(6-13-21)2-3-17-4-7-18-8-9-19-10-11-20(24)15-23(19)22(18)14-17/h2-15H,1H3/b3-2+. The number of hydrogen-bond donors (Lipinski definition) is 0. The van der Waals surface area contributed by atoms with Crippen molar-refractivity contribution in [1.29, 1.82) is 0 Å². The lowest BCUT2D eigenvalue weighted by molar-refractivity contribution is 0.415. The van der Waals surface area contributed by atoms with Gasteiger partial charge in [0.2, 0.25) is 0 Å². The van der Waals surface area contributed by atoms with Gasteiger partial charge in [-0.2, -0.15) is 0 Å². The highest BCUT2D eigenvalue weighted by molar-refractivity contribution is 9.10. The Kier molecular flexibility index (Phi) is 4.29. The summed E-state index contributed by atoms with van der Waals surface area (Å²) in [5.74, 6) is 0.875. The molecule has 4 aromatic rings. The maximum atomic E-state index is 5.20. The summed E-state index contributed by atoms with van der Waals surface area (Å²) in [6.07, 6.45) is 4.28. The van der Waals surface area contributed by atoms with Crippen LogP contribution in [0.5, 0.6) is 5.75 Å². The molecule has 0 N–H and O–H groups in total. The van der Waals surface area contributed by atoms with E-state index in [0.29, 0.717) is 0 Å². The van der Waals surface area contributed by atoms with Gasteiger partial charge in [-0.1, -0.05) is 70.5 Å². The van der Waals surface area contributed by atoms with Crippen LogP contribution in [0.15, 0.2) is 77.3 Å². The third-order valence-electron chi connectivity index (χ3n) is 4.41. The number of fused-ring (bicyclic) bond motifs is 3. The molecule has 122 valence electrons. The van der Waals surface area contributed by atoms with Crippen LogP contribution in [-0.2, 0) is 0 Å². The zero-order valence-electron chi connectivity index (χ0n) is 13.9. The molecular formula is C23H17BrO. The molecule has 2 heteroatoms. The van der Waals surface area contributed by atoms with Gasteiger partial charge in [0.25, 0.3) is 0 Å². The Hall–Kier alpha value is -2.58. The molecule has 25 heavy (non-hydrogen) atoms. The van der Waals surface area contributed by atoms with Crippen molar-refractivity contribution >= 4 is 49.6 Å². The summed E-state index contributed by atoms with van der Waals surface area (Å²) < 4.78 is 6.31. The van der Waals surface area contributed by atoms with Gasteiger partial charge in [-0.25, -0.2) is 0 Å². The van der Waals surface area contributed by atoms with E-state index in [-0.39, 0.29) is 0 Å². The van der Waals surface area contributed by atoms with E-state index in [4.69, 9.17) is 4.74 Å². The number of benzene rings is 4.